The number of esters is 1. The van der Waals surface area contributed by atoms with Crippen molar-refractivity contribution >= 4 is 29.6 Å². The van der Waals surface area contributed by atoms with Gasteiger partial charge in [0, 0.05) is 11.1 Å². The van der Waals surface area contributed by atoms with Crippen molar-refractivity contribution in [3.8, 4) is 5.75 Å². The molecule has 0 spiro atoms. The maximum atomic E-state index is 11.9. The van der Waals surface area contributed by atoms with Crippen molar-refractivity contribution in [2.45, 2.75) is 13.0 Å². The summed E-state index contributed by atoms with van der Waals surface area (Å²) in [5, 5.41) is 3.35. The van der Waals surface area contributed by atoms with Crippen molar-refractivity contribution in [1.29, 1.82) is 0 Å². The summed E-state index contributed by atoms with van der Waals surface area (Å²) in [5.41, 5.74) is 1.66. The van der Waals surface area contributed by atoms with E-state index < -0.39 is 5.97 Å². The Morgan fingerprint density at radius 2 is 1.96 bits per heavy atom. The van der Waals surface area contributed by atoms with Gasteiger partial charge >= 0.3 is 5.97 Å². The fourth-order valence-corrected chi connectivity index (χ4v) is 2.44. The Kier molecular flexibility index (Phi) is 7.24. The molecule has 136 valence electrons. The van der Waals surface area contributed by atoms with Crippen LogP contribution in [0.25, 0.3) is 6.08 Å². The summed E-state index contributed by atoms with van der Waals surface area (Å²) in [6.45, 7) is 1.47. The quantitative estimate of drug-likeness (QED) is 0.592. The molecular formula is C20H20ClNO4. The summed E-state index contributed by atoms with van der Waals surface area (Å²) >= 11 is 5.93. The summed E-state index contributed by atoms with van der Waals surface area (Å²) in [5.74, 6) is -0.297. The molecule has 0 bridgehead atoms. The third-order valence-corrected chi connectivity index (χ3v) is 3.81. The molecule has 1 amide bonds. The number of halogens is 1. The average molecular weight is 374 g/mol. The molecule has 0 heterocycles. The number of methoxy groups -OCH3 is 1. The van der Waals surface area contributed by atoms with Gasteiger partial charge in [0.25, 0.3) is 5.91 Å². The third kappa shape index (κ3) is 6.26. The van der Waals surface area contributed by atoms with E-state index in [1.54, 1.807) is 37.5 Å². The lowest BCUT2D eigenvalue weighted by Crippen LogP contribution is -2.30. The normalized spacial score (nSPS) is 11.8. The van der Waals surface area contributed by atoms with Gasteiger partial charge in [-0.15, -0.1) is 0 Å². The molecule has 0 radical (unpaired) electrons. The van der Waals surface area contributed by atoms with Crippen molar-refractivity contribution in [3.63, 3.8) is 0 Å². The zero-order valence-corrected chi connectivity index (χ0v) is 15.3. The molecule has 0 saturated heterocycles. The Morgan fingerprint density at radius 1 is 1.19 bits per heavy atom. The van der Waals surface area contributed by atoms with Crippen LogP contribution in [0.1, 0.15) is 24.1 Å². The topological polar surface area (TPSA) is 64.6 Å². The van der Waals surface area contributed by atoms with Crippen LogP contribution in [-0.2, 0) is 14.3 Å². The molecule has 0 unspecified atom stereocenters. The van der Waals surface area contributed by atoms with Crippen molar-refractivity contribution in [2.24, 2.45) is 0 Å². The number of amides is 1. The molecule has 26 heavy (non-hydrogen) atoms. The highest BCUT2D eigenvalue weighted by molar-refractivity contribution is 6.30. The van der Waals surface area contributed by atoms with Gasteiger partial charge < -0.3 is 14.8 Å². The van der Waals surface area contributed by atoms with Gasteiger partial charge in [0.1, 0.15) is 5.75 Å². The maximum absolute atomic E-state index is 11.9. The average Bonchev–Trinajstić information content (AvgIpc) is 2.64. The monoisotopic (exact) mass is 373 g/mol. The molecule has 0 aliphatic rings. The van der Waals surface area contributed by atoms with E-state index in [4.69, 9.17) is 21.1 Å². The van der Waals surface area contributed by atoms with Gasteiger partial charge in [-0.25, -0.2) is 4.79 Å². The number of rotatable bonds is 7. The highest BCUT2D eigenvalue weighted by Gasteiger charge is 2.11. The van der Waals surface area contributed by atoms with Crippen molar-refractivity contribution in [2.75, 3.05) is 13.7 Å². The lowest BCUT2D eigenvalue weighted by Gasteiger charge is -2.14. The van der Waals surface area contributed by atoms with Gasteiger partial charge in [-0.2, -0.15) is 0 Å². The second-order valence-electron chi connectivity index (χ2n) is 5.56. The molecule has 2 aromatic carbocycles. The van der Waals surface area contributed by atoms with E-state index in [1.807, 2.05) is 31.2 Å². The SMILES string of the molecule is COc1cccc(/C=C/C(=O)OCC(=O)N[C@H](C)c2cccc(Cl)c2)c1. The van der Waals surface area contributed by atoms with E-state index in [0.29, 0.717) is 10.8 Å². The van der Waals surface area contributed by atoms with Crippen molar-refractivity contribution in [3.05, 3.63) is 70.8 Å². The molecule has 0 aromatic heterocycles. The van der Waals surface area contributed by atoms with E-state index in [1.165, 1.54) is 6.08 Å². The van der Waals surface area contributed by atoms with Crippen LogP contribution in [0, 0.1) is 0 Å². The molecule has 0 fully saturated rings. The number of hydrogen-bond acceptors (Lipinski definition) is 4. The Balaban J connectivity index is 1.81. The lowest BCUT2D eigenvalue weighted by molar-refractivity contribution is -0.144. The van der Waals surface area contributed by atoms with Crippen LogP contribution in [0.3, 0.4) is 0 Å². The Bertz CT molecular complexity index is 804. The Labute approximate surface area is 157 Å². The number of benzene rings is 2. The highest BCUT2D eigenvalue weighted by Crippen LogP contribution is 2.17. The first-order chi connectivity index (χ1) is 12.5. The maximum Gasteiger partial charge on any atom is 0.331 e. The van der Waals surface area contributed by atoms with E-state index >= 15 is 0 Å². The number of nitrogens with one attached hydrogen (secondary N) is 1. The van der Waals surface area contributed by atoms with Crippen molar-refractivity contribution in [1.82, 2.24) is 5.32 Å². The number of carbonyl (C=O) groups is 2. The van der Waals surface area contributed by atoms with Crippen LogP contribution in [-0.4, -0.2) is 25.6 Å². The van der Waals surface area contributed by atoms with Crippen LogP contribution >= 0.6 is 11.6 Å². The summed E-state index contributed by atoms with van der Waals surface area (Å²) in [7, 11) is 1.57. The Hall–Kier alpha value is -2.79. The van der Waals surface area contributed by atoms with Crippen molar-refractivity contribution < 1.29 is 19.1 Å². The lowest BCUT2D eigenvalue weighted by atomic mass is 10.1. The molecule has 2 rings (SSSR count). The molecular weight excluding hydrogens is 354 g/mol. The standard InChI is InChI=1S/C20H20ClNO4/c1-14(16-6-4-7-17(21)12-16)22-19(23)13-26-20(24)10-9-15-5-3-8-18(11-15)25-2/h3-12,14H,13H2,1-2H3,(H,22,23)/b10-9+/t14-/m1/s1. The third-order valence-electron chi connectivity index (χ3n) is 3.58. The van der Waals surface area contributed by atoms with Gasteiger partial charge in [0.05, 0.1) is 13.2 Å². The molecule has 1 N–H and O–H groups in total. The number of carbonyl (C=O) groups excluding carboxylic acids is 2. The summed E-state index contributed by atoms with van der Waals surface area (Å²) in [4.78, 5) is 23.6. The number of hydrogen-bond donors (Lipinski definition) is 1. The molecule has 0 aliphatic carbocycles. The van der Waals surface area contributed by atoms with Crippen LogP contribution in [0.4, 0.5) is 0 Å². The van der Waals surface area contributed by atoms with Crippen LogP contribution in [0.5, 0.6) is 5.75 Å². The van der Waals surface area contributed by atoms with Gasteiger partial charge in [-0.3, -0.25) is 4.79 Å². The molecule has 1 atom stereocenters. The molecule has 0 aliphatic heterocycles. The van der Waals surface area contributed by atoms with E-state index in [9.17, 15) is 9.59 Å². The van der Waals surface area contributed by atoms with Gasteiger partial charge in [-0.05, 0) is 48.4 Å². The first-order valence-electron chi connectivity index (χ1n) is 8.01. The minimum atomic E-state index is -0.599. The van der Waals surface area contributed by atoms with E-state index in [-0.39, 0.29) is 18.6 Å². The first-order valence-corrected chi connectivity index (χ1v) is 8.39. The minimum absolute atomic E-state index is 0.243. The van der Waals surface area contributed by atoms with E-state index in [2.05, 4.69) is 5.32 Å². The van der Waals surface area contributed by atoms with Crippen LogP contribution in [0.15, 0.2) is 54.6 Å². The predicted octanol–water partition coefficient (Wildman–Crippen LogP) is 3.78. The molecule has 5 nitrogen and oxygen atoms in total. The Morgan fingerprint density at radius 3 is 2.69 bits per heavy atom. The van der Waals surface area contributed by atoms with E-state index in [0.717, 1.165) is 11.1 Å². The fourth-order valence-electron chi connectivity index (χ4n) is 2.24. The molecule has 2 aromatic rings. The first kappa shape index (κ1) is 19.5. The minimum Gasteiger partial charge on any atom is -0.497 e. The summed E-state index contributed by atoms with van der Waals surface area (Å²) in [6.07, 6.45) is 2.86. The van der Waals surface area contributed by atoms with Gasteiger partial charge in [-0.1, -0.05) is 35.9 Å². The second kappa shape index (κ2) is 9.63. The summed E-state index contributed by atoms with van der Waals surface area (Å²) in [6, 6.07) is 14.2. The van der Waals surface area contributed by atoms with Crippen LogP contribution < -0.4 is 10.1 Å². The van der Waals surface area contributed by atoms with Gasteiger partial charge in [0.2, 0.25) is 0 Å². The molecule has 6 heteroatoms. The summed E-state index contributed by atoms with van der Waals surface area (Å²) < 4.78 is 10.1. The molecule has 0 saturated carbocycles. The van der Waals surface area contributed by atoms with Gasteiger partial charge in [0.15, 0.2) is 6.61 Å². The number of ether oxygens (including phenoxy) is 2. The fraction of sp³-hybridized carbons (Fsp3) is 0.200. The predicted molar refractivity (Wildman–Crippen MR) is 101 cm³/mol. The second-order valence-corrected chi connectivity index (χ2v) is 6.00. The smallest absolute Gasteiger partial charge is 0.331 e. The zero-order chi connectivity index (χ0) is 18.9. The largest absolute Gasteiger partial charge is 0.497 e. The van der Waals surface area contributed by atoms with Crippen LogP contribution in [0.2, 0.25) is 5.02 Å². The zero-order valence-electron chi connectivity index (χ0n) is 14.6. The highest BCUT2D eigenvalue weighted by atomic mass is 35.5.